The van der Waals surface area contributed by atoms with Crippen LogP contribution in [0.3, 0.4) is 0 Å². The van der Waals surface area contributed by atoms with Crippen molar-refractivity contribution in [2.24, 2.45) is 11.8 Å². The van der Waals surface area contributed by atoms with Crippen molar-refractivity contribution in [3.63, 3.8) is 0 Å². The summed E-state index contributed by atoms with van der Waals surface area (Å²) in [6.07, 6.45) is 0.0121. The highest BCUT2D eigenvalue weighted by atomic mass is 16.6. The average molecular weight is 433 g/mol. The van der Waals surface area contributed by atoms with Crippen LogP contribution in [0.1, 0.15) is 27.2 Å². The highest BCUT2D eigenvalue weighted by Gasteiger charge is 2.37. The Morgan fingerprint density at radius 2 is 1.77 bits per heavy atom. The maximum atomic E-state index is 12.8. The van der Waals surface area contributed by atoms with Crippen LogP contribution < -0.4 is 25.0 Å². The molecular weight excluding hydrogens is 406 g/mol. The van der Waals surface area contributed by atoms with Crippen LogP contribution in [0.15, 0.2) is 18.2 Å². The van der Waals surface area contributed by atoms with Crippen molar-refractivity contribution in [2.45, 2.75) is 39.3 Å². The maximum Gasteiger partial charge on any atom is 0.325 e. The molecule has 0 unspecified atom stereocenters. The maximum absolute atomic E-state index is 12.8. The SMILES string of the molecule is CC(C)[C@H](NC(=O)[C@@H]1CC(=O)N(c2ccc3c(c2)OCCO3)C1)C(=O)N[C@@H](C)C(=O)O. The van der Waals surface area contributed by atoms with E-state index in [1.54, 1.807) is 32.0 Å². The van der Waals surface area contributed by atoms with Gasteiger partial charge in [0.2, 0.25) is 17.7 Å². The first-order valence-corrected chi connectivity index (χ1v) is 10.2. The lowest BCUT2D eigenvalue weighted by Gasteiger charge is -2.24. The molecule has 10 heteroatoms. The van der Waals surface area contributed by atoms with E-state index in [1.165, 1.54) is 11.8 Å². The molecule has 2 aliphatic rings. The fraction of sp³-hybridized carbons (Fsp3) is 0.524. The molecule has 1 aromatic carbocycles. The number of amides is 3. The number of carbonyl (C=O) groups excluding carboxylic acids is 3. The predicted molar refractivity (Wildman–Crippen MR) is 110 cm³/mol. The molecule has 3 N–H and O–H groups in total. The molecule has 3 atom stereocenters. The van der Waals surface area contributed by atoms with Crippen LogP contribution in [0.4, 0.5) is 5.69 Å². The molecule has 10 nitrogen and oxygen atoms in total. The van der Waals surface area contributed by atoms with E-state index in [0.717, 1.165) is 0 Å². The third-order valence-electron chi connectivity index (χ3n) is 5.31. The van der Waals surface area contributed by atoms with Gasteiger partial charge in [-0.1, -0.05) is 13.8 Å². The topological polar surface area (TPSA) is 134 Å². The summed E-state index contributed by atoms with van der Waals surface area (Å²) in [5.41, 5.74) is 0.609. The van der Waals surface area contributed by atoms with Gasteiger partial charge in [-0.15, -0.1) is 0 Å². The Hall–Kier alpha value is -3.30. The first-order chi connectivity index (χ1) is 14.7. The molecule has 0 aromatic heterocycles. The second kappa shape index (κ2) is 9.23. The van der Waals surface area contributed by atoms with E-state index in [2.05, 4.69) is 10.6 Å². The molecule has 3 amide bonds. The Balaban J connectivity index is 1.66. The Morgan fingerprint density at radius 3 is 2.42 bits per heavy atom. The van der Waals surface area contributed by atoms with Crippen LogP contribution in [-0.2, 0) is 19.2 Å². The predicted octanol–water partition coefficient (Wildman–Crippen LogP) is 0.541. The lowest BCUT2D eigenvalue weighted by atomic mass is 10.0. The Labute approximate surface area is 179 Å². The first-order valence-electron chi connectivity index (χ1n) is 10.2. The van der Waals surface area contributed by atoms with Crippen molar-refractivity contribution in [3.8, 4) is 11.5 Å². The Kier molecular flexibility index (Phi) is 6.67. The Bertz CT molecular complexity index is 886. The van der Waals surface area contributed by atoms with Crippen LogP contribution in [0, 0.1) is 11.8 Å². The lowest BCUT2D eigenvalue weighted by Crippen LogP contribution is -2.54. The summed E-state index contributed by atoms with van der Waals surface area (Å²) in [7, 11) is 0. The molecule has 1 saturated heterocycles. The van der Waals surface area contributed by atoms with Crippen molar-refractivity contribution < 1.29 is 33.8 Å². The number of rotatable bonds is 7. The smallest absolute Gasteiger partial charge is 0.325 e. The van der Waals surface area contributed by atoms with Gasteiger partial charge in [-0.3, -0.25) is 19.2 Å². The summed E-state index contributed by atoms with van der Waals surface area (Å²) in [5.74, 6) is -2.12. The van der Waals surface area contributed by atoms with Gasteiger partial charge >= 0.3 is 5.97 Å². The third kappa shape index (κ3) is 5.07. The number of benzene rings is 1. The number of anilines is 1. The zero-order valence-electron chi connectivity index (χ0n) is 17.7. The van der Waals surface area contributed by atoms with Crippen molar-refractivity contribution >= 4 is 29.4 Å². The van der Waals surface area contributed by atoms with Crippen molar-refractivity contribution in [1.82, 2.24) is 10.6 Å². The number of nitrogens with zero attached hydrogens (tertiary/aromatic N) is 1. The number of hydrogen-bond acceptors (Lipinski definition) is 6. The molecule has 1 aromatic rings. The highest BCUT2D eigenvalue weighted by molar-refractivity contribution is 6.01. The fourth-order valence-electron chi connectivity index (χ4n) is 3.50. The Morgan fingerprint density at radius 1 is 1.10 bits per heavy atom. The zero-order chi connectivity index (χ0) is 22.7. The second-order valence-electron chi connectivity index (χ2n) is 8.03. The number of fused-ring (bicyclic) bond motifs is 1. The van der Waals surface area contributed by atoms with Gasteiger partial charge in [0.05, 0.1) is 5.92 Å². The molecule has 168 valence electrons. The van der Waals surface area contributed by atoms with E-state index < -0.39 is 35.8 Å². The molecule has 0 saturated carbocycles. The molecule has 0 radical (unpaired) electrons. The number of nitrogens with one attached hydrogen (secondary N) is 2. The number of carboxylic acid groups (broad SMARTS) is 1. The zero-order valence-corrected chi connectivity index (χ0v) is 17.7. The molecular formula is C21H27N3O7. The summed E-state index contributed by atoms with van der Waals surface area (Å²) in [5, 5.41) is 14.0. The second-order valence-corrected chi connectivity index (χ2v) is 8.03. The van der Waals surface area contributed by atoms with E-state index in [4.69, 9.17) is 14.6 Å². The molecule has 31 heavy (non-hydrogen) atoms. The summed E-state index contributed by atoms with van der Waals surface area (Å²) in [6, 6.07) is 3.19. The number of aliphatic carboxylic acids is 1. The first kappa shape index (κ1) is 22.4. The van der Waals surface area contributed by atoms with E-state index in [-0.39, 0.29) is 24.8 Å². The number of ether oxygens (including phenoxy) is 2. The number of hydrogen-bond donors (Lipinski definition) is 3. The van der Waals surface area contributed by atoms with Gasteiger partial charge in [-0.05, 0) is 25.0 Å². The summed E-state index contributed by atoms with van der Waals surface area (Å²) >= 11 is 0. The molecule has 2 heterocycles. The van der Waals surface area contributed by atoms with Crippen molar-refractivity contribution in [3.05, 3.63) is 18.2 Å². The normalized spacial score (nSPS) is 19.7. The molecule has 0 bridgehead atoms. The van der Waals surface area contributed by atoms with Crippen LogP contribution in [0.5, 0.6) is 11.5 Å². The van der Waals surface area contributed by atoms with E-state index in [0.29, 0.717) is 30.4 Å². The quantitative estimate of drug-likeness (QED) is 0.571. The summed E-state index contributed by atoms with van der Waals surface area (Å²) < 4.78 is 11.0. The summed E-state index contributed by atoms with van der Waals surface area (Å²) in [4.78, 5) is 50.3. The third-order valence-corrected chi connectivity index (χ3v) is 5.31. The standard InChI is InChI=1S/C21H27N3O7/c1-11(2)18(20(27)22-12(3)21(28)29)23-19(26)13-8-17(25)24(10-13)14-4-5-15-16(9-14)31-7-6-30-15/h4-5,9,11-13,18H,6-8,10H2,1-3H3,(H,22,27)(H,23,26)(H,28,29)/t12-,13+,18-/m0/s1. The minimum atomic E-state index is -1.17. The van der Waals surface area contributed by atoms with E-state index in [1.807, 2.05) is 0 Å². The van der Waals surface area contributed by atoms with Crippen LogP contribution in [0.25, 0.3) is 0 Å². The largest absolute Gasteiger partial charge is 0.486 e. The minimum absolute atomic E-state index is 0.0121. The monoisotopic (exact) mass is 433 g/mol. The fourth-order valence-corrected chi connectivity index (χ4v) is 3.50. The average Bonchev–Trinajstić information content (AvgIpc) is 3.12. The molecule has 1 fully saturated rings. The van der Waals surface area contributed by atoms with Gasteiger partial charge in [0.1, 0.15) is 25.3 Å². The van der Waals surface area contributed by atoms with Gasteiger partial charge in [-0.2, -0.15) is 0 Å². The van der Waals surface area contributed by atoms with Crippen LogP contribution in [0.2, 0.25) is 0 Å². The van der Waals surface area contributed by atoms with Gasteiger partial charge in [0.25, 0.3) is 0 Å². The number of carboxylic acids is 1. The lowest BCUT2D eigenvalue weighted by molar-refractivity contribution is -0.142. The summed E-state index contributed by atoms with van der Waals surface area (Å²) in [6.45, 7) is 5.90. The minimum Gasteiger partial charge on any atom is -0.486 e. The van der Waals surface area contributed by atoms with Gasteiger partial charge in [-0.25, -0.2) is 0 Å². The molecule has 0 aliphatic carbocycles. The van der Waals surface area contributed by atoms with Gasteiger partial charge in [0.15, 0.2) is 11.5 Å². The van der Waals surface area contributed by atoms with E-state index in [9.17, 15) is 19.2 Å². The van der Waals surface area contributed by atoms with Gasteiger partial charge in [0, 0.05) is 24.7 Å². The van der Waals surface area contributed by atoms with Crippen molar-refractivity contribution in [2.75, 3.05) is 24.7 Å². The number of carbonyl (C=O) groups is 4. The van der Waals surface area contributed by atoms with Crippen LogP contribution >= 0.6 is 0 Å². The highest BCUT2D eigenvalue weighted by Crippen LogP contribution is 2.36. The van der Waals surface area contributed by atoms with Crippen LogP contribution in [-0.4, -0.2) is 60.6 Å². The molecule has 3 rings (SSSR count). The van der Waals surface area contributed by atoms with Crippen molar-refractivity contribution in [1.29, 1.82) is 0 Å². The molecule has 0 spiro atoms. The van der Waals surface area contributed by atoms with E-state index >= 15 is 0 Å². The molecule has 2 aliphatic heterocycles. The van der Waals surface area contributed by atoms with Gasteiger partial charge < -0.3 is 30.1 Å².